The number of nitrogens with one attached hydrogen (secondary N) is 1. The zero-order valence-electron chi connectivity index (χ0n) is 10.6. The number of carbonyl (C=O) groups is 1. The molecule has 5 heteroatoms. The Balaban J connectivity index is 2.06. The number of alkyl halides is 2. The van der Waals surface area contributed by atoms with Gasteiger partial charge in [-0.2, -0.15) is 0 Å². The van der Waals surface area contributed by atoms with Crippen LogP contribution in [0.1, 0.15) is 38.5 Å². The van der Waals surface area contributed by atoms with Gasteiger partial charge in [-0.15, -0.1) is 0 Å². The van der Waals surface area contributed by atoms with Crippen LogP contribution in [0.2, 0.25) is 0 Å². The number of carbonyl (C=O) groups excluding carboxylic acids is 1. The Kier molecular flexibility index (Phi) is 5.51. The molecule has 1 atom stereocenters. The number of hydrogen-bond donors (Lipinski definition) is 1. The average Bonchev–Trinajstić information content (AvgIpc) is 2.93. The van der Waals surface area contributed by atoms with Crippen LogP contribution in [0.3, 0.4) is 0 Å². The molecule has 0 bridgehead atoms. The van der Waals surface area contributed by atoms with E-state index in [0.29, 0.717) is 11.2 Å². The molecule has 1 saturated carbocycles. The molecule has 0 aromatic carbocycles. The molecule has 0 aromatic rings. The first-order chi connectivity index (χ1) is 8.68. The summed E-state index contributed by atoms with van der Waals surface area (Å²) in [5.41, 5.74) is -0.201. The Labute approximate surface area is 126 Å². The molecule has 1 heterocycles. The number of piperidine rings is 1. The molecule has 0 amide bonds. The molecule has 0 aromatic heterocycles. The van der Waals surface area contributed by atoms with E-state index in [-0.39, 0.29) is 16.4 Å². The van der Waals surface area contributed by atoms with Gasteiger partial charge in [-0.05, 0) is 44.7 Å². The highest BCUT2D eigenvalue weighted by Crippen LogP contribution is 2.42. The fourth-order valence-electron chi connectivity index (χ4n) is 3.22. The molecular formula is C13H21Br2NO2. The maximum absolute atomic E-state index is 12.1. The quantitative estimate of drug-likeness (QED) is 0.600. The van der Waals surface area contributed by atoms with E-state index in [0.717, 1.165) is 25.9 Å². The molecule has 104 valence electrons. The topological polar surface area (TPSA) is 38.3 Å². The Bertz CT molecular complexity index is 287. The summed E-state index contributed by atoms with van der Waals surface area (Å²) in [6, 6.07) is 0. The molecule has 1 aliphatic heterocycles. The summed E-state index contributed by atoms with van der Waals surface area (Å²) < 4.78 is 5.96. The van der Waals surface area contributed by atoms with Crippen molar-refractivity contribution in [2.75, 3.05) is 18.4 Å². The predicted octanol–water partition coefficient (Wildman–Crippen LogP) is 3.00. The highest BCUT2D eigenvalue weighted by atomic mass is 79.9. The Hall–Kier alpha value is 0.390. The van der Waals surface area contributed by atoms with Crippen molar-refractivity contribution in [1.29, 1.82) is 0 Å². The van der Waals surface area contributed by atoms with E-state index in [1.807, 2.05) is 0 Å². The predicted molar refractivity (Wildman–Crippen MR) is 79.4 cm³/mol. The van der Waals surface area contributed by atoms with Crippen molar-refractivity contribution >= 4 is 37.8 Å². The summed E-state index contributed by atoms with van der Waals surface area (Å²) in [5.74, 6) is 0.458. The van der Waals surface area contributed by atoms with Crippen molar-refractivity contribution in [3.8, 4) is 0 Å². The van der Waals surface area contributed by atoms with E-state index in [1.54, 1.807) is 0 Å². The molecule has 18 heavy (non-hydrogen) atoms. The third-order valence-corrected chi connectivity index (χ3v) is 6.46. The summed E-state index contributed by atoms with van der Waals surface area (Å²) in [4.78, 5) is 11.9. The van der Waals surface area contributed by atoms with Gasteiger partial charge < -0.3 is 10.1 Å². The molecule has 1 aliphatic carbocycles. The second-order valence-electron chi connectivity index (χ2n) is 5.34. The van der Waals surface area contributed by atoms with Crippen molar-refractivity contribution in [2.24, 2.45) is 5.92 Å². The van der Waals surface area contributed by atoms with E-state index >= 15 is 0 Å². The van der Waals surface area contributed by atoms with Crippen LogP contribution in [0.5, 0.6) is 0 Å². The van der Waals surface area contributed by atoms with Crippen LogP contribution >= 0.6 is 31.9 Å². The maximum Gasteiger partial charge on any atom is 0.321 e. The second kappa shape index (κ2) is 6.71. The lowest BCUT2D eigenvalue weighted by Crippen LogP contribution is -2.50. The summed E-state index contributed by atoms with van der Waals surface area (Å²) >= 11 is 6.69. The summed E-state index contributed by atoms with van der Waals surface area (Å²) in [6.45, 7) is 1.93. The minimum absolute atomic E-state index is 0.110. The molecule has 2 fully saturated rings. The van der Waals surface area contributed by atoms with Crippen molar-refractivity contribution in [3.05, 3.63) is 0 Å². The van der Waals surface area contributed by atoms with Crippen LogP contribution in [-0.4, -0.2) is 34.8 Å². The number of rotatable bonds is 4. The van der Waals surface area contributed by atoms with Crippen LogP contribution in [-0.2, 0) is 9.53 Å². The van der Waals surface area contributed by atoms with Gasteiger partial charge >= 0.3 is 5.97 Å². The van der Waals surface area contributed by atoms with Gasteiger partial charge in [-0.25, -0.2) is 0 Å². The highest BCUT2D eigenvalue weighted by Gasteiger charge is 2.44. The fraction of sp³-hybridized carbons (Fsp3) is 0.923. The molecule has 2 aliphatic rings. The van der Waals surface area contributed by atoms with E-state index in [1.165, 1.54) is 25.7 Å². The third kappa shape index (κ3) is 3.28. The van der Waals surface area contributed by atoms with Gasteiger partial charge in [0.05, 0.1) is 0 Å². The van der Waals surface area contributed by atoms with Gasteiger partial charge in [0.15, 0.2) is 0 Å². The largest absolute Gasteiger partial charge is 0.458 e. The molecular weight excluding hydrogens is 362 g/mol. The van der Waals surface area contributed by atoms with Crippen molar-refractivity contribution < 1.29 is 9.53 Å². The smallest absolute Gasteiger partial charge is 0.321 e. The van der Waals surface area contributed by atoms with Gasteiger partial charge in [-0.1, -0.05) is 44.7 Å². The number of ether oxygens (including phenoxy) is 1. The van der Waals surface area contributed by atoms with Crippen LogP contribution in [0.25, 0.3) is 0 Å². The number of halogens is 2. The van der Waals surface area contributed by atoms with Crippen LogP contribution in [0, 0.1) is 5.92 Å². The molecule has 0 spiro atoms. The van der Waals surface area contributed by atoms with Crippen LogP contribution < -0.4 is 5.32 Å². The molecule has 3 nitrogen and oxygen atoms in total. The normalized spacial score (nSPS) is 25.9. The van der Waals surface area contributed by atoms with Gasteiger partial charge in [0.25, 0.3) is 0 Å². The van der Waals surface area contributed by atoms with Gasteiger partial charge in [-0.3, -0.25) is 4.79 Å². The maximum atomic E-state index is 12.1. The molecule has 1 N–H and O–H groups in total. The monoisotopic (exact) mass is 381 g/mol. The van der Waals surface area contributed by atoms with E-state index in [4.69, 9.17) is 4.74 Å². The fourth-order valence-corrected chi connectivity index (χ4v) is 3.58. The Morgan fingerprint density at radius 2 is 1.94 bits per heavy atom. The van der Waals surface area contributed by atoms with Gasteiger partial charge in [0.2, 0.25) is 0 Å². The van der Waals surface area contributed by atoms with E-state index in [9.17, 15) is 4.79 Å². The first kappa shape index (κ1) is 14.8. The van der Waals surface area contributed by atoms with E-state index < -0.39 is 0 Å². The van der Waals surface area contributed by atoms with Crippen molar-refractivity contribution in [3.63, 3.8) is 0 Å². The van der Waals surface area contributed by atoms with Gasteiger partial charge in [0, 0.05) is 5.33 Å². The lowest BCUT2D eigenvalue weighted by atomic mass is 9.78. The van der Waals surface area contributed by atoms with Crippen molar-refractivity contribution in [1.82, 2.24) is 5.32 Å². The minimum Gasteiger partial charge on any atom is -0.458 e. The average molecular weight is 383 g/mol. The molecule has 2 rings (SSSR count). The summed E-state index contributed by atoms with van der Waals surface area (Å²) in [5, 5.41) is 3.97. The van der Waals surface area contributed by atoms with E-state index in [2.05, 4.69) is 37.2 Å². The van der Waals surface area contributed by atoms with Gasteiger partial charge in [0.1, 0.15) is 10.4 Å². The number of esters is 1. The zero-order valence-corrected chi connectivity index (χ0v) is 13.8. The highest BCUT2D eigenvalue weighted by molar-refractivity contribution is 9.12. The standard InChI is InChI=1S/C13H21Br2NO2/c14-9-11(15)12(17)18-13(5-7-16-8-6-13)10-3-1-2-4-10/h10-11,16H,1-9H2. The lowest BCUT2D eigenvalue weighted by Gasteiger charge is -2.42. The molecule has 1 saturated heterocycles. The second-order valence-corrected chi connectivity index (χ2v) is 7.09. The first-order valence-corrected chi connectivity index (χ1v) is 8.85. The molecule has 0 radical (unpaired) electrons. The van der Waals surface area contributed by atoms with Crippen molar-refractivity contribution in [2.45, 2.75) is 49.0 Å². The molecule has 1 unspecified atom stereocenters. The minimum atomic E-state index is -0.231. The zero-order chi connectivity index (χ0) is 13.0. The van der Waals surface area contributed by atoms with Crippen LogP contribution in [0.4, 0.5) is 0 Å². The first-order valence-electron chi connectivity index (χ1n) is 6.81. The summed E-state index contributed by atoms with van der Waals surface area (Å²) in [6.07, 6.45) is 6.93. The SMILES string of the molecule is O=C(OC1(C2CCCC2)CCNCC1)C(Br)CBr. The lowest BCUT2D eigenvalue weighted by molar-refractivity contribution is -0.168. The Morgan fingerprint density at radius 1 is 1.33 bits per heavy atom. The third-order valence-electron chi connectivity index (χ3n) is 4.24. The number of hydrogen-bond acceptors (Lipinski definition) is 3. The summed E-state index contributed by atoms with van der Waals surface area (Å²) in [7, 11) is 0. The Morgan fingerprint density at radius 3 is 2.50 bits per heavy atom. The van der Waals surface area contributed by atoms with Crippen LogP contribution in [0.15, 0.2) is 0 Å².